The second-order valence-corrected chi connectivity index (χ2v) is 5.62. The van der Waals surface area contributed by atoms with E-state index in [0.717, 1.165) is 15.6 Å². The minimum Gasteiger partial charge on any atom is -0.334 e. The lowest BCUT2D eigenvalue weighted by molar-refractivity contribution is 0.244. The van der Waals surface area contributed by atoms with E-state index in [1.807, 2.05) is 55.5 Å². The Hall–Kier alpha value is -2.07. The molecular weight excluding hydrogens is 328 g/mol. The summed E-state index contributed by atoms with van der Waals surface area (Å²) in [4.78, 5) is 11.7. The molecule has 0 heterocycles. The fourth-order valence-electron chi connectivity index (χ4n) is 1.84. The third-order valence-corrected chi connectivity index (χ3v) is 3.42. The van der Waals surface area contributed by atoms with E-state index in [1.54, 1.807) is 6.20 Å². The third-order valence-electron chi connectivity index (χ3n) is 2.90. The Labute approximate surface area is 133 Å². The monoisotopic (exact) mass is 344 g/mol. The van der Waals surface area contributed by atoms with Crippen LogP contribution in [0.25, 0.3) is 6.08 Å². The molecule has 2 aromatic carbocycles. The zero-order valence-electron chi connectivity index (χ0n) is 11.8. The van der Waals surface area contributed by atoms with Crippen LogP contribution in [0, 0.1) is 6.92 Å². The van der Waals surface area contributed by atoms with E-state index >= 15 is 0 Å². The molecule has 0 saturated carbocycles. The van der Waals surface area contributed by atoms with Gasteiger partial charge in [0.15, 0.2) is 0 Å². The highest BCUT2D eigenvalue weighted by molar-refractivity contribution is 9.10. The number of halogens is 1. The van der Waals surface area contributed by atoms with Crippen LogP contribution < -0.4 is 10.6 Å². The van der Waals surface area contributed by atoms with Gasteiger partial charge in [-0.3, -0.25) is 0 Å². The van der Waals surface area contributed by atoms with Crippen molar-refractivity contribution in [1.82, 2.24) is 10.6 Å². The van der Waals surface area contributed by atoms with E-state index in [4.69, 9.17) is 0 Å². The van der Waals surface area contributed by atoms with Gasteiger partial charge in [-0.05, 0) is 36.3 Å². The molecule has 0 aromatic heterocycles. The summed E-state index contributed by atoms with van der Waals surface area (Å²) in [6, 6.07) is 15.7. The molecule has 0 saturated heterocycles. The summed E-state index contributed by atoms with van der Waals surface area (Å²) in [5.41, 5.74) is 3.30. The van der Waals surface area contributed by atoms with Crippen molar-refractivity contribution in [2.45, 2.75) is 13.5 Å². The van der Waals surface area contributed by atoms with Crippen LogP contribution in [-0.2, 0) is 6.54 Å². The van der Waals surface area contributed by atoms with Crippen LogP contribution in [0.3, 0.4) is 0 Å². The maximum Gasteiger partial charge on any atom is 0.319 e. The molecule has 2 amide bonds. The number of hydrogen-bond acceptors (Lipinski definition) is 1. The number of hydrogen-bond donors (Lipinski definition) is 2. The zero-order valence-corrected chi connectivity index (χ0v) is 13.4. The quantitative estimate of drug-likeness (QED) is 0.856. The van der Waals surface area contributed by atoms with Crippen molar-refractivity contribution >= 4 is 28.0 Å². The average Bonchev–Trinajstić information content (AvgIpc) is 2.47. The van der Waals surface area contributed by atoms with Crippen molar-refractivity contribution in [2.75, 3.05) is 0 Å². The van der Waals surface area contributed by atoms with Gasteiger partial charge < -0.3 is 10.6 Å². The fourth-order valence-corrected chi connectivity index (χ4v) is 2.11. The summed E-state index contributed by atoms with van der Waals surface area (Å²) in [5, 5.41) is 5.50. The molecule has 2 aromatic rings. The molecule has 3 nitrogen and oxygen atoms in total. The van der Waals surface area contributed by atoms with Crippen molar-refractivity contribution < 1.29 is 4.79 Å². The van der Waals surface area contributed by atoms with Gasteiger partial charge in [0, 0.05) is 17.2 Å². The largest absolute Gasteiger partial charge is 0.334 e. The van der Waals surface area contributed by atoms with Crippen LogP contribution in [0.5, 0.6) is 0 Å². The average molecular weight is 345 g/mol. The summed E-state index contributed by atoms with van der Waals surface area (Å²) in [6.07, 6.45) is 3.48. The summed E-state index contributed by atoms with van der Waals surface area (Å²) >= 11 is 3.38. The van der Waals surface area contributed by atoms with Gasteiger partial charge in [0.25, 0.3) is 0 Å². The molecule has 2 rings (SSSR count). The molecule has 0 spiro atoms. The van der Waals surface area contributed by atoms with Crippen molar-refractivity contribution in [2.24, 2.45) is 0 Å². The maximum atomic E-state index is 11.7. The summed E-state index contributed by atoms with van der Waals surface area (Å²) in [5.74, 6) is 0. The van der Waals surface area contributed by atoms with Gasteiger partial charge in [0.1, 0.15) is 0 Å². The zero-order chi connectivity index (χ0) is 15.1. The van der Waals surface area contributed by atoms with Gasteiger partial charge in [-0.1, -0.05) is 57.9 Å². The van der Waals surface area contributed by atoms with E-state index in [1.165, 1.54) is 5.56 Å². The Morgan fingerprint density at radius 1 is 1.19 bits per heavy atom. The Morgan fingerprint density at radius 3 is 2.67 bits per heavy atom. The molecule has 0 radical (unpaired) electrons. The lowest BCUT2D eigenvalue weighted by Crippen LogP contribution is -2.31. The van der Waals surface area contributed by atoms with E-state index in [0.29, 0.717) is 6.54 Å². The Kier molecular flexibility index (Phi) is 5.58. The molecule has 2 N–H and O–H groups in total. The second-order valence-electron chi connectivity index (χ2n) is 4.70. The SMILES string of the molecule is Cc1cccc(CNC(=O)N/C=C/c2ccc(Br)cc2)c1. The number of amides is 2. The minimum atomic E-state index is -0.218. The number of urea groups is 1. The number of rotatable bonds is 4. The van der Waals surface area contributed by atoms with Crippen molar-refractivity contribution in [1.29, 1.82) is 0 Å². The van der Waals surface area contributed by atoms with E-state index < -0.39 is 0 Å². The predicted molar refractivity (Wildman–Crippen MR) is 89.7 cm³/mol. The lowest BCUT2D eigenvalue weighted by atomic mass is 10.1. The Bertz CT molecular complexity index is 635. The highest BCUT2D eigenvalue weighted by Gasteiger charge is 1.98. The first kappa shape index (κ1) is 15.3. The normalized spacial score (nSPS) is 10.6. The number of carbonyl (C=O) groups excluding carboxylic acids is 1. The summed E-state index contributed by atoms with van der Waals surface area (Å²) in [7, 11) is 0. The topological polar surface area (TPSA) is 41.1 Å². The molecule has 108 valence electrons. The fraction of sp³-hybridized carbons (Fsp3) is 0.118. The predicted octanol–water partition coefficient (Wildman–Crippen LogP) is 4.23. The van der Waals surface area contributed by atoms with Crippen molar-refractivity contribution in [3.8, 4) is 0 Å². The molecule has 0 unspecified atom stereocenters. The molecule has 4 heteroatoms. The molecule has 0 aliphatic rings. The third kappa shape index (κ3) is 5.44. The maximum absolute atomic E-state index is 11.7. The van der Waals surface area contributed by atoms with Crippen LogP contribution >= 0.6 is 15.9 Å². The first-order valence-corrected chi connectivity index (χ1v) is 7.45. The van der Waals surface area contributed by atoms with Crippen LogP contribution in [0.4, 0.5) is 4.79 Å². The van der Waals surface area contributed by atoms with E-state index in [-0.39, 0.29) is 6.03 Å². The van der Waals surface area contributed by atoms with Gasteiger partial charge >= 0.3 is 6.03 Å². The molecule has 0 atom stereocenters. The molecule has 0 aliphatic carbocycles. The van der Waals surface area contributed by atoms with Crippen LogP contribution in [0.2, 0.25) is 0 Å². The summed E-state index contributed by atoms with van der Waals surface area (Å²) in [6.45, 7) is 2.55. The highest BCUT2D eigenvalue weighted by atomic mass is 79.9. The van der Waals surface area contributed by atoms with Crippen LogP contribution in [-0.4, -0.2) is 6.03 Å². The van der Waals surface area contributed by atoms with Crippen molar-refractivity contribution in [3.05, 3.63) is 75.9 Å². The number of carbonyl (C=O) groups is 1. The Balaban J connectivity index is 1.78. The van der Waals surface area contributed by atoms with E-state index in [9.17, 15) is 4.79 Å². The molecule has 0 bridgehead atoms. The molecular formula is C17H17BrN2O. The first-order valence-electron chi connectivity index (χ1n) is 6.65. The van der Waals surface area contributed by atoms with Crippen LogP contribution in [0.1, 0.15) is 16.7 Å². The number of benzene rings is 2. The van der Waals surface area contributed by atoms with Gasteiger partial charge in [-0.25, -0.2) is 4.79 Å². The summed E-state index contributed by atoms with van der Waals surface area (Å²) < 4.78 is 1.03. The molecule has 21 heavy (non-hydrogen) atoms. The van der Waals surface area contributed by atoms with Gasteiger partial charge in [0.2, 0.25) is 0 Å². The number of nitrogens with one attached hydrogen (secondary N) is 2. The van der Waals surface area contributed by atoms with Gasteiger partial charge in [-0.2, -0.15) is 0 Å². The van der Waals surface area contributed by atoms with Gasteiger partial charge in [0.05, 0.1) is 0 Å². The lowest BCUT2D eigenvalue weighted by Gasteiger charge is -2.05. The number of aryl methyl sites for hydroxylation is 1. The van der Waals surface area contributed by atoms with Crippen molar-refractivity contribution in [3.63, 3.8) is 0 Å². The van der Waals surface area contributed by atoms with Crippen LogP contribution in [0.15, 0.2) is 59.2 Å². The molecule has 0 fully saturated rings. The van der Waals surface area contributed by atoms with E-state index in [2.05, 4.69) is 32.6 Å². The first-order chi connectivity index (χ1) is 10.1. The standard InChI is InChI=1S/C17H17BrN2O/c1-13-3-2-4-15(11-13)12-20-17(21)19-10-9-14-5-7-16(18)8-6-14/h2-11H,12H2,1H3,(H2,19,20,21)/b10-9+. The Morgan fingerprint density at radius 2 is 1.95 bits per heavy atom. The second kappa shape index (κ2) is 7.64. The minimum absolute atomic E-state index is 0.218. The smallest absolute Gasteiger partial charge is 0.319 e. The molecule has 0 aliphatic heterocycles. The van der Waals surface area contributed by atoms with Gasteiger partial charge in [-0.15, -0.1) is 0 Å². The highest BCUT2D eigenvalue weighted by Crippen LogP contribution is 2.11.